The molecule has 0 radical (unpaired) electrons. The minimum atomic E-state index is -0.104. The molecule has 2 heterocycles. The van der Waals surface area contributed by atoms with E-state index in [2.05, 4.69) is 45.9 Å². The Morgan fingerprint density at radius 3 is 2.56 bits per heavy atom. The first-order valence-electron chi connectivity index (χ1n) is 9.33. The van der Waals surface area contributed by atoms with Crippen molar-refractivity contribution in [1.29, 1.82) is 0 Å². The van der Waals surface area contributed by atoms with Crippen LogP contribution in [0.5, 0.6) is 0 Å². The highest BCUT2D eigenvalue weighted by atomic mass is 16.2. The first kappa shape index (κ1) is 18.9. The molecule has 1 unspecified atom stereocenters. The zero-order chi connectivity index (χ0) is 19.4. The van der Waals surface area contributed by atoms with Crippen molar-refractivity contribution in [2.45, 2.75) is 45.7 Å². The van der Waals surface area contributed by atoms with Crippen LogP contribution in [0.3, 0.4) is 0 Å². The molecule has 1 amide bonds. The van der Waals surface area contributed by atoms with Crippen LogP contribution >= 0.6 is 0 Å². The molecule has 0 aliphatic heterocycles. The summed E-state index contributed by atoms with van der Waals surface area (Å²) in [4.78, 5) is 17.2. The molecule has 1 atom stereocenters. The second kappa shape index (κ2) is 8.20. The zero-order valence-corrected chi connectivity index (χ0v) is 16.4. The van der Waals surface area contributed by atoms with E-state index in [4.69, 9.17) is 0 Å². The highest BCUT2D eigenvalue weighted by Gasteiger charge is 2.20. The maximum atomic E-state index is 12.9. The van der Waals surface area contributed by atoms with Crippen LogP contribution in [0.2, 0.25) is 0 Å². The quantitative estimate of drug-likeness (QED) is 0.696. The Morgan fingerprint density at radius 1 is 1.22 bits per heavy atom. The molecule has 1 aromatic carbocycles. The molecule has 0 bridgehead atoms. The summed E-state index contributed by atoms with van der Waals surface area (Å²) >= 11 is 0. The Kier molecular flexibility index (Phi) is 5.74. The van der Waals surface area contributed by atoms with Crippen molar-refractivity contribution in [2.24, 2.45) is 7.05 Å². The van der Waals surface area contributed by atoms with Crippen molar-refractivity contribution in [2.75, 3.05) is 0 Å². The van der Waals surface area contributed by atoms with E-state index < -0.39 is 0 Å². The summed E-state index contributed by atoms with van der Waals surface area (Å²) in [5.41, 5.74) is 2.60. The van der Waals surface area contributed by atoms with Gasteiger partial charge >= 0.3 is 0 Å². The first-order chi connectivity index (χ1) is 13.0. The van der Waals surface area contributed by atoms with Gasteiger partial charge in [0.25, 0.3) is 5.91 Å². The number of nitrogens with zero attached hydrogens (tertiary/aromatic N) is 4. The third-order valence-corrected chi connectivity index (χ3v) is 4.81. The van der Waals surface area contributed by atoms with E-state index in [0.29, 0.717) is 5.69 Å². The zero-order valence-electron chi connectivity index (χ0n) is 16.4. The van der Waals surface area contributed by atoms with E-state index in [-0.39, 0.29) is 17.9 Å². The largest absolute Gasteiger partial charge is 0.344 e. The van der Waals surface area contributed by atoms with Crippen LogP contribution in [0, 0.1) is 6.92 Å². The monoisotopic (exact) mass is 365 g/mol. The standard InChI is InChI=1S/C21H27N5O/c1-15(2)19-14-20(25(4)24-19)21(27)23-18(17-8-6-5-7-9-17)10-12-26-13-11-22-16(26)3/h5-9,11,13-15,18H,10,12H2,1-4H3,(H,23,27). The number of carbonyl (C=O) groups excluding carboxylic acids is 1. The summed E-state index contributed by atoms with van der Waals surface area (Å²) in [5, 5.41) is 7.64. The van der Waals surface area contributed by atoms with Crippen molar-refractivity contribution in [3.05, 3.63) is 71.6 Å². The topological polar surface area (TPSA) is 64.7 Å². The molecule has 2 aromatic heterocycles. The average Bonchev–Trinajstić information content (AvgIpc) is 3.25. The Balaban J connectivity index is 1.78. The van der Waals surface area contributed by atoms with Gasteiger partial charge < -0.3 is 9.88 Å². The molecular weight excluding hydrogens is 338 g/mol. The van der Waals surface area contributed by atoms with Gasteiger partial charge in [-0.05, 0) is 30.9 Å². The molecule has 3 rings (SSSR count). The van der Waals surface area contributed by atoms with Gasteiger partial charge in [0.1, 0.15) is 11.5 Å². The number of hydrogen-bond donors (Lipinski definition) is 1. The van der Waals surface area contributed by atoms with Crippen molar-refractivity contribution in [3.8, 4) is 0 Å². The van der Waals surface area contributed by atoms with Crippen molar-refractivity contribution in [1.82, 2.24) is 24.6 Å². The molecule has 142 valence electrons. The fourth-order valence-electron chi connectivity index (χ4n) is 3.13. The summed E-state index contributed by atoms with van der Waals surface area (Å²) in [7, 11) is 1.81. The van der Waals surface area contributed by atoms with Crippen molar-refractivity contribution >= 4 is 5.91 Å². The lowest BCUT2D eigenvalue weighted by Crippen LogP contribution is -2.30. The van der Waals surface area contributed by atoms with Crippen LogP contribution in [0.15, 0.2) is 48.8 Å². The number of nitrogens with one attached hydrogen (secondary N) is 1. The predicted octanol–water partition coefficient (Wildman–Crippen LogP) is 3.61. The minimum Gasteiger partial charge on any atom is -0.344 e. The molecule has 0 fully saturated rings. The van der Waals surface area contributed by atoms with Gasteiger partial charge in [-0.2, -0.15) is 5.10 Å². The van der Waals surface area contributed by atoms with Crippen LogP contribution in [0.1, 0.15) is 59.8 Å². The molecule has 0 aliphatic carbocycles. The Morgan fingerprint density at radius 2 is 1.96 bits per heavy atom. The third kappa shape index (κ3) is 4.45. The van der Waals surface area contributed by atoms with Gasteiger partial charge in [-0.1, -0.05) is 44.2 Å². The SMILES string of the molecule is Cc1nccn1CCC(NC(=O)c1cc(C(C)C)nn1C)c1ccccc1. The van der Waals surface area contributed by atoms with E-state index in [1.54, 1.807) is 10.9 Å². The van der Waals surface area contributed by atoms with Gasteiger partial charge in [-0.25, -0.2) is 4.98 Å². The minimum absolute atomic E-state index is 0.0853. The van der Waals surface area contributed by atoms with Gasteiger partial charge in [0.15, 0.2) is 0 Å². The molecule has 3 aromatic rings. The molecule has 6 heteroatoms. The molecule has 27 heavy (non-hydrogen) atoms. The fraction of sp³-hybridized carbons (Fsp3) is 0.381. The van der Waals surface area contributed by atoms with Crippen LogP contribution in [0.25, 0.3) is 0 Å². The highest BCUT2D eigenvalue weighted by molar-refractivity contribution is 5.93. The van der Waals surface area contributed by atoms with Gasteiger partial charge in [-0.15, -0.1) is 0 Å². The number of rotatable bonds is 7. The second-order valence-electron chi connectivity index (χ2n) is 7.13. The van der Waals surface area contributed by atoms with E-state index in [9.17, 15) is 4.79 Å². The number of carbonyl (C=O) groups is 1. The van der Waals surface area contributed by atoms with E-state index in [1.807, 2.05) is 44.4 Å². The number of hydrogen-bond acceptors (Lipinski definition) is 3. The Bertz CT molecular complexity index is 894. The number of imidazole rings is 1. The molecule has 0 aliphatic rings. The summed E-state index contributed by atoms with van der Waals surface area (Å²) in [6.07, 6.45) is 4.55. The first-order valence-corrected chi connectivity index (χ1v) is 9.33. The molecular formula is C21H27N5O. The Labute approximate surface area is 160 Å². The number of amides is 1. The molecule has 0 saturated carbocycles. The van der Waals surface area contributed by atoms with Crippen LogP contribution in [0.4, 0.5) is 0 Å². The van der Waals surface area contributed by atoms with E-state index >= 15 is 0 Å². The molecule has 0 saturated heterocycles. The maximum Gasteiger partial charge on any atom is 0.270 e. The lowest BCUT2D eigenvalue weighted by molar-refractivity contribution is 0.0924. The lowest BCUT2D eigenvalue weighted by atomic mass is 10.0. The number of benzene rings is 1. The van der Waals surface area contributed by atoms with Gasteiger partial charge in [0, 0.05) is 26.0 Å². The summed E-state index contributed by atoms with van der Waals surface area (Å²) < 4.78 is 3.76. The van der Waals surface area contributed by atoms with Gasteiger partial charge in [0.2, 0.25) is 0 Å². The summed E-state index contributed by atoms with van der Waals surface area (Å²) in [6, 6.07) is 11.9. The van der Waals surface area contributed by atoms with Crippen molar-refractivity contribution in [3.63, 3.8) is 0 Å². The average molecular weight is 365 g/mol. The van der Waals surface area contributed by atoms with E-state index in [0.717, 1.165) is 30.0 Å². The molecule has 6 nitrogen and oxygen atoms in total. The molecule has 0 spiro atoms. The number of aryl methyl sites for hydroxylation is 3. The van der Waals surface area contributed by atoms with Crippen LogP contribution in [-0.4, -0.2) is 25.2 Å². The van der Waals surface area contributed by atoms with Crippen LogP contribution < -0.4 is 5.32 Å². The summed E-state index contributed by atoms with van der Waals surface area (Å²) in [6.45, 7) is 6.92. The maximum absolute atomic E-state index is 12.9. The number of aromatic nitrogens is 4. The predicted molar refractivity (Wildman–Crippen MR) is 106 cm³/mol. The van der Waals surface area contributed by atoms with Gasteiger partial charge in [0.05, 0.1) is 11.7 Å². The summed E-state index contributed by atoms with van der Waals surface area (Å²) in [5.74, 6) is 1.15. The Hall–Kier alpha value is -2.89. The third-order valence-electron chi connectivity index (χ3n) is 4.81. The van der Waals surface area contributed by atoms with Crippen LogP contribution in [-0.2, 0) is 13.6 Å². The highest BCUT2D eigenvalue weighted by Crippen LogP contribution is 2.20. The van der Waals surface area contributed by atoms with E-state index in [1.165, 1.54) is 0 Å². The fourth-order valence-corrected chi connectivity index (χ4v) is 3.13. The lowest BCUT2D eigenvalue weighted by Gasteiger charge is -2.20. The van der Waals surface area contributed by atoms with Crippen molar-refractivity contribution < 1.29 is 4.79 Å². The van der Waals surface area contributed by atoms with Gasteiger partial charge in [-0.3, -0.25) is 9.48 Å². The second-order valence-corrected chi connectivity index (χ2v) is 7.13. The normalized spacial score (nSPS) is 12.3. The smallest absolute Gasteiger partial charge is 0.270 e. The molecule has 1 N–H and O–H groups in total.